The highest BCUT2D eigenvalue weighted by atomic mass is 35.5. The Balaban J connectivity index is 1.68. The van der Waals surface area contributed by atoms with Crippen molar-refractivity contribution >= 4 is 29.0 Å². The zero-order chi connectivity index (χ0) is 26.5. The SMILES string of the molecule is COC(=O)/C(=N/OCC(C)(C)CO/N=C1\CCCc2ccc(C)nc21)c1ncc(C(F)(F)F)cc1Cl. The monoisotopic (exact) mass is 526 g/mol. The van der Waals surface area contributed by atoms with Crippen LogP contribution in [0.2, 0.25) is 5.02 Å². The molecule has 0 bridgehead atoms. The zero-order valence-electron chi connectivity index (χ0n) is 20.3. The number of esters is 1. The highest BCUT2D eigenvalue weighted by molar-refractivity contribution is 6.46. The van der Waals surface area contributed by atoms with Crippen LogP contribution in [-0.2, 0) is 31.8 Å². The number of oxime groups is 2. The average Bonchev–Trinajstić information content (AvgIpc) is 2.81. The first kappa shape index (κ1) is 27.4. The Kier molecular flexibility index (Phi) is 8.55. The molecule has 1 aliphatic carbocycles. The molecule has 8 nitrogen and oxygen atoms in total. The smallest absolute Gasteiger partial charge is 0.417 e. The van der Waals surface area contributed by atoms with Gasteiger partial charge in [0.1, 0.15) is 24.6 Å². The number of halogens is 4. The number of hydrogen-bond donors (Lipinski definition) is 0. The van der Waals surface area contributed by atoms with Crippen LogP contribution in [0.5, 0.6) is 0 Å². The van der Waals surface area contributed by atoms with Crippen LogP contribution < -0.4 is 0 Å². The molecule has 0 fully saturated rings. The van der Waals surface area contributed by atoms with E-state index >= 15 is 0 Å². The molecule has 0 radical (unpaired) electrons. The molecule has 0 N–H and O–H groups in total. The Labute approximate surface area is 211 Å². The summed E-state index contributed by atoms with van der Waals surface area (Å²) in [7, 11) is 1.09. The van der Waals surface area contributed by atoms with E-state index in [0.29, 0.717) is 12.3 Å². The Morgan fingerprint density at radius 2 is 1.89 bits per heavy atom. The number of fused-ring (bicyclic) bond motifs is 1. The predicted molar refractivity (Wildman–Crippen MR) is 127 cm³/mol. The second kappa shape index (κ2) is 11.2. The van der Waals surface area contributed by atoms with E-state index in [-0.39, 0.29) is 18.9 Å². The van der Waals surface area contributed by atoms with Gasteiger partial charge in [-0.05, 0) is 43.9 Å². The van der Waals surface area contributed by atoms with Gasteiger partial charge in [0.05, 0.1) is 23.4 Å². The van der Waals surface area contributed by atoms with Gasteiger partial charge in [0.25, 0.3) is 0 Å². The minimum absolute atomic E-state index is 0.00938. The molecule has 0 aliphatic heterocycles. The van der Waals surface area contributed by atoms with Crippen LogP contribution in [-0.4, -0.2) is 47.7 Å². The van der Waals surface area contributed by atoms with Gasteiger partial charge in [-0.2, -0.15) is 13.2 Å². The lowest BCUT2D eigenvalue weighted by molar-refractivity contribution is -0.137. The summed E-state index contributed by atoms with van der Waals surface area (Å²) < 4.78 is 43.4. The molecule has 2 aromatic heterocycles. The third kappa shape index (κ3) is 6.93. The maximum atomic E-state index is 12.9. The number of nitrogens with zero attached hydrogens (tertiary/aromatic N) is 4. The van der Waals surface area contributed by atoms with Crippen molar-refractivity contribution in [2.45, 2.75) is 46.2 Å². The topological polar surface area (TPSA) is 95.3 Å². The van der Waals surface area contributed by atoms with E-state index in [0.717, 1.165) is 49.0 Å². The lowest BCUT2D eigenvalue weighted by Gasteiger charge is -2.22. The van der Waals surface area contributed by atoms with Gasteiger partial charge in [0.15, 0.2) is 0 Å². The van der Waals surface area contributed by atoms with Gasteiger partial charge < -0.3 is 14.4 Å². The van der Waals surface area contributed by atoms with Gasteiger partial charge in [-0.3, -0.25) is 9.97 Å². The molecule has 1 aliphatic rings. The van der Waals surface area contributed by atoms with Gasteiger partial charge in [0, 0.05) is 17.3 Å². The Morgan fingerprint density at radius 1 is 1.17 bits per heavy atom. The Bertz CT molecular complexity index is 1180. The molecule has 0 atom stereocenters. The van der Waals surface area contributed by atoms with Crippen LogP contribution >= 0.6 is 11.6 Å². The third-order valence-corrected chi connectivity index (χ3v) is 5.55. The maximum Gasteiger partial charge on any atom is 0.417 e. The normalized spacial score (nSPS) is 15.4. The van der Waals surface area contributed by atoms with Gasteiger partial charge in [-0.25, -0.2) is 4.79 Å². The fourth-order valence-electron chi connectivity index (χ4n) is 3.33. The Hall–Kier alpha value is -3.21. The van der Waals surface area contributed by atoms with Gasteiger partial charge in [-0.1, -0.05) is 41.8 Å². The molecule has 36 heavy (non-hydrogen) atoms. The summed E-state index contributed by atoms with van der Waals surface area (Å²) in [6.07, 6.45) is -1.43. The second-order valence-corrected chi connectivity index (χ2v) is 9.45. The highest BCUT2D eigenvalue weighted by Gasteiger charge is 2.33. The van der Waals surface area contributed by atoms with Crippen molar-refractivity contribution < 1.29 is 32.4 Å². The number of carbonyl (C=O) groups is 1. The molecule has 0 aromatic carbocycles. The number of rotatable bonds is 8. The molecule has 194 valence electrons. The molecule has 0 saturated carbocycles. The van der Waals surface area contributed by atoms with Crippen molar-refractivity contribution in [2.75, 3.05) is 20.3 Å². The van der Waals surface area contributed by atoms with Crippen LogP contribution in [0.15, 0.2) is 34.7 Å². The van der Waals surface area contributed by atoms with Crippen molar-refractivity contribution in [2.24, 2.45) is 15.7 Å². The molecule has 2 heterocycles. The highest BCUT2D eigenvalue weighted by Crippen LogP contribution is 2.31. The number of aryl methyl sites for hydroxylation is 2. The van der Waals surface area contributed by atoms with Crippen LogP contribution in [0.4, 0.5) is 13.2 Å². The largest absolute Gasteiger partial charge is 0.464 e. The molecular weight excluding hydrogens is 501 g/mol. The van der Waals surface area contributed by atoms with Gasteiger partial charge >= 0.3 is 12.1 Å². The number of ether oxygens (including phenoxy) is 1. The first-order valence-electron chi connectivity index (χ1n) is 11.1. The van der Waals surface area contributed by atoms with Crippen molar-refractivity contribution in [3.05, 3.63) is 57.6 Å². The number of methoxy groups -OCH3 is 1. The first-order valence-corrected chi connectivity index (χ1v) is 11.5. The fraction of sp³-hybridized carbons (Fsp3) is 0.458. The van der Waals surface area contributed by atoms with Gasteiger partial charge in [0.2, 0.25) is 5.71 Å². The van der Waals surface area contributed by atoms with Gasteiger partial charge in [-0.15, -0.1) is 0 Å². The average molecular weight is 527 g/mol. The summed E-state index contributed by atoms with van der Waals surface area (Å²) in [5, 5.41) is 7.62. The van der Waals surface area contributed by atoms with Crippen molar-refractivity contribution in [3.63, 3.8) is 0 Å². The summed E-state index contributed by atoms with van der Waals surface area (Å²) in [6, 6.07) is 4.68. The number of carbonyl (C=O) groups excluding carboxylic acids is 1. The quantitative estimate of drug-likeness (QED) is 0.269. The van der Waals surface area contributed by atoms with E-state index in [1.54, 1.807) is 0 Å². The summed E-state index contributed by atoms with van der Waals surface area (Å²) in [5.41, 5.74) is 1.26. The zero-order valence-corrected chi connectivity index (χ0v) is 21.0. The van der Waals surface area contributed by atoms with Crippen LogP contribution in [0.1, 0.15) is 54.9 Å². The van der Waals surface area contributed by atoms with Crippen molar-refractivity contribution in [1.82, 2.24) is 9.97 Å². The molecule has 0 spiro atoms. The van der Waals surface area contributed by atoms with E-state index in [1.807, 2.05) is 26.8 Å². The lowest BCUT2D eigenvalue weighted by Crippen LogP contribution is -2.26. The summed E-state index contributed by atoms with van der Waals surface area (Å²) in [6.45, 7) is 5.75. The minimum atomic E-state index is -4.64. The van der Waals surface area contributed by atoms with Crippen LogP contribution in [0.25, 0.3) is 0 Å². The maximum absolute atomic E-state index is 12.9. The molecule has 3 rings (SSSR count). The minimum Gasteiger partial charge on any atom is -0.464 e. The van der Waals surface area contributed by atoms with E-state index in [1.165, 1.54) is 0 Å². The van der Waals surface area contributed by atoms with Crippen LogP contribution in [0.3, 0.4) is 0 Å². The van der Waals surface area contributed by atoms with Crippen molar-refractivity contribution in [3.8, 4) is 0 Å². The second-order valence-electron chi connectivity index (χ2n) is 9.05. The van der Waals surface area contributed by atoms with E-state index in [4.69, 9.17) is 21.3 Å². The van der Waals surface area contributed by atoms with Crippen molar-refractivity contribution in [1.29, 1.82) is 0 Å². The molecule has 0 amide bonds. The standard InChI is InChI=1S/C24H26ClF3N4O4/c1-14-8-9-15-6-5-7-18(19(15)30-14)31-35-12-23(2,3)13-36-32-21(22(33)34-4)20-17(25)10-16(11-29-20)24(26,27)28/h8-11H,5-7,12-13H2,1-4H3/b31-18+,32-21+. The molecule has 0 saturated heterocycles. The molecular formula is C24H26ClF3N4O4. The number of alkyl halides is 3. The third-order valence-electron chi connectivity index (χ3n) is 5.26. The lowest BCUT2D eigenvalue weighted by atomic mass is 9.94. The number of aromatic nitrogens is 2. The first-order chi connectivity index (χ1) is 16.9. The molecule has 12 heteroatoms. The fourth-order valence-corrected chi connectivity index (χ4v) is 3.59. The Morgan fingerprint density at radius 3 is 2.56 bits per heavy atom. The summed E-state index contributed by atoms with van der Waals surface area (Å²) in [5.74, 6) is -0.969. The number of hydrogen-bond acceptors (Lipinski definition) is 8. The van der Waals surface area contributed by atoms with E-state index in [2.05, 4.69) is 31.1 Å². The van der Waals surface area contributed by atoms with Crippen LogP contribution in [0, 0.1) is 12.3 Å². The van der Waals surface area contributed by atoms with E-state index < -0.39 is 33.9 Å². The number of pyridine rings is 2. The predicted octanol–water partition coefficient (Wildman–Crippen LogP) is 5.13. The molecule has 2 aromatic rings. The summed E-state index contributed by atoms with van der Waals surface area (Å²) >= 11 is 5.94. The molecule has 0 unspecified atom stereocenters. The summed E-state index contributed by atoms with van der Waals surface area (Å²) in [4.78, 5) is 31.3. The van der Waals surface area contributed by atoms with E-state index in [9.17, 15) is 18.0 Å².